The van der Waals surface area contributed by atoms with Gasteiger partial charge >= 0.3 is 0 Å². The third-order valence-corrected chi connectivity index (χ3v) is 12.6. The number of unbranched alkanes of at least 4 members (excludes halogenated alkanes) is 2. The lowest BCUT2D eigenvalue weighted by Crippen LogP contribution is -2.37. The first-order valence-corrected chi connectivity index (χ1v) is 21.7. The fraction of sp³-hybridized carbons (Fsp3) is 0.341. The van der Waals surface area contributed by atoms with Gasteiger partial charge in [-0.1, -0.05) is 68.6 Å². The molecule has 0 aliphatic carbocycles. The lowest BCUT2D eigenvalue weighted by molar-refractivity contribution is 0.0732. The highest BCUT2D eigenvalue weighted by molar-refractivity contribution is 7.99. The minimum atomic E-state index is -4.34. The van der Waals surface area contributed by atoms with Gasteiger partial charge in [0.25, 0.3) is 27.7 Å². The molecule has 0 bridgehead atoms. The van der Waals surface area contributed by atoms with E-state index in [1.165, 1.54) is 46.8 Å². The van der Waals surface area contributed by atoms with Crippen LogP contribution >= 0.6 is 23.4 Å². The predicted molar refractivity (Wildman–Crippen MR) is 220 cm³/mol. The van der Waals surface area contributed by atoms with Gasteiger partial charge in [0.15, 0.2) is 5.69 Å². The monoisotopic (exact) mass is 815 g/mol. The molecule has 6 rings (SSSR count). The van der Waals surface area contributed by atoms with Gasteiger partial charge in [-0.25, -0.2) is 22.8 Å². The van der Waals surface area contributed by atoms with Crippen LogP contribution in [0.15, 0.2) is 82.8 Å². The molecule has 12 nitrogen and oxygen atoms in total. The smallest absolute Gasteiger partial charge is 0.275 e. The molecular weight excluding hydrogens is 770 g/mol. The summed E-state index contributed by atoms with van der Waals surface area (Å²) in [6.07, 6.45) is 5.73. The standard InChI is InChI=1S/C41H46ClN7O5S2/c1-4-6-20-47(21-7-5-2)41(52)37-36(42)27(3)49(45-37)35-15-12-30(25-34(35)40(51)48-22-17-28-10-8-9-11-31(28)26-48)38(50)46-56(53,54)32-13-14-33-29(24-32)16-19-44-39(33)55-23-18-43/h8-16,19,24-25H,4-7,17-18,20-23,26,43H2,1-3H3,(H,46,50). The van der Waals surface area contributed by atoms with Crippen molar-refractivity contribution in [3.63, 3.8) is 0 Å². The maximum absolute atomic E-state index is 14.5. The highest BCUT2D eigenvalue weighted by Crippen LogP contribution is 2.30. The number of amides is 3. The number of nitrogens with zero attached hydrogens (tertiary/aromatic N) is 5. The van der Waals surface area contributed by atoms with E-state index < -0.39 is 15.9 Å². The van der Waals surface area contributed by atoms with Gasteiger partial charge in [-0.15, -0.1) is 11.8 Å². The van der Waals surface area contributed by atoms with Crippen molar-refractivity contribution >= 4 is 61.9 Å². The number of hydrogen-bond acceptors (Lipinski definition) is 9. The molecule has 56 heavy (non-hydrogen) atoms. The zero-order valence-corrected chi connectivity index (χ0v) is 34.1. The van der Waals surface area contributed by atoms with E-state index in [1.807, 2.05) is 24.3 Å². The van der Waals surface area contributed by atoms with Crippen molar-refractivity contribution in [1.29, 1.82) is 0 Å². The topological polar surface area (TPSA) is 161 Å². The van der Waals surface area contributed by atoms with Crippen molar-refractivity contribution in [3.8, 4) is 5.69 Å². The molecule has 0 fully saturated rings. The number of nitrogens with one attached hydrogen (secondary N) is 1. The summed E-state index contributed by atoms with van der Waals surface area (Å²) in [5.74, 6) is -0.947. The zero-order valence-electron chi connectivity index (χ0n) is 31.8. The second-order valence-electron chi connectivity index (χ2n) is 13.7. The van der Waals surface area contributed by atoms with E-state index in [1.54, 1.807) is 35.1 Å². The summed E-state index contributed by atoms with van der Waals surface area (Å²) < 4.78 is 30.9. The molecule has 1 aliphatic rings. The normalized spacial score (nSPS) is 12.8. The molecule has 3 N–H and O–H groups in total. The molecule has 15 heteroatoms. The van der Waals surface area contributed by atoms with Gasteiger partial charge in [-0.3, -0.25) is 14.4 Å². The fourth-order valence-corrected chi connectivity index (χ4v) is 8.69. The average molecular weight is 816 g/mol. The van der Waals surface area contributed by atoms with Crippen molar-refractivity contribution in [2.45, 2.75) is 69.3 Å². The summed E-state index contributed by atoms with van der Waals surface area (Å²) in [5.41, 5.74) is 8.68. The number of pyridine rings is 1. The Morgan fingerprint density at radius 1 is 0.982 bits per heavy atom. The van der Waals surface area contributed by atoms with Crippen LogP contribution in [0.5, 0.6) is 0 Å². The quantitative estimate of drug-likeness (QED) is 0.109. The number of fused-ring (bicyclic) bond motifs is 2. The zero-order chi connectivity index (χ0) is 40.0. The van der Waals surface area contributed by atoms with Gasteiger partial charge in [0.1, 0.15) is 5.03 Å². The summed E-state index contributed by atoms with van der Waals surface area (Å²) in [5, 5.41) is 6.98. The number of thioether (sulfide) groups is 1. The molecule has 1 aliphatic heterocycles. The molecule has 0 saturated carbocycles. The first kappa shape index (κ1) is 40.9. The largest absolute Gasteiger partial charge is 0.337 e. The Morgan fingerprint density at radius 3 is 2.43 bits per heavy atom. The molecule has 0 unspecified atom stereocenters. The highest BCUT2D eigenvalue weighted by Gasteiger charge is 2.30. The van der Waals surface area contributed by atoms with Gasteiger partial charge in [0.05, 0.1) is 26.9 Å². The number of rotatable bonds is 15. The van der Waals surface area contributed by atoms with Crippen LogP contribution in [0.25, 0.3) is 16.5 Å². The van der Waals surface area contributed by atoms with E-state index in [2.05, 4.69) is 28.7 Å². The number of sulfonamides is 1. The maximum Gasteiger partial charge on any atom is 0.275 e. The lowest BCUT2D eigenvalue weighted by atomic mass is 9.98. The molecule has 0 spiro atoms. The summed E-state index contributed by atoms with van der Waals surface area (Å²) in [6, 6.07) is 18.5. The Kier molecular flexibility index (Phi) is 13.2. The molecule has 0 atom stereocenters. The maximum atomic E-state index is 14.5. The summed E-state index contributed by atoms with van der Waals surface area (Å²) in [4.78, 5) is 49.9. The Morgan fingerprint density at radius 2 is 1.71 bits per heavy atom. The van der Waals surface area contributed by atoms with Crippen molar-refractivity contribution in [1.82, 2.24) is 29.3 Å². The number of benzene rings is 3. The Bertz CT molecular complexity index is 2380. The van der Waals surface area contributed by atoms with Crippen LogP contribution in [0.4, 0.5) is 0 Å². The van der Waals surface area contributed by atoms with E-state index >= 15 is 0 Å². The van der Waals surface area contributed by atoms with Crippen molar-refractivity contribution < 1.29 is 22.8 Å². The number of nitrogens with two attached hydrogens (primary N) is 1. The molecular formula is C41H46ClN7O5S2. The van der Waals surface area contributed by atoms with E-state index in [-0.39, 0.29) is 38.6 Å². The van der Waals surface area contributed by atoms with Crippen molar-refractivity contribution in [2.24, 2.45) is 5.73 Å². The van der Waals surface area contributed by atoms with Crippen LogP contribution in [-0.4, -0.2) is 82.6 Å². The van der Waals surface area contributed by atoms with Gasteiger partial charge in [-0.2, -0.15) is 5.10 Å². The third kappa shape index (κ3) is 8.78. The van der Waals surface area contributed by atoms with Crippen LogP contribution in [-0.2, 0) is 23.0 Å². The highest BCUT2D eigenvalue weighted by atomic mass is 35.5. The second kappa shape index (κ2) is 18.0. The van der Waals surface area contributed by atoms with Gasteiger partial charge in [-0.05, 0) is 79.1 Å². The predicted octanol–water partition coefficient (Wildman–Crippen LogP) is 6.79. The molecule has 294 valence electrons. The lowest BCUT2D eigenvalue weighted by Gasteiger charge is -2.29. The molecule has 3 amide bonds. The Balaban J connectivity index is 1.36. The van der Waals surface area contributed by atoms with E-state index in [0.29, 0.717) is 61.7 Å². The third-order valence-electron chi connectivity index (χ3n) is 9.82. The number of carbonyl (C=O) groups is 3. The van der Waals surface area contributed by atoms with Gasteiger partial charge in [0, 0.05) is 55.6 Å². The molecule has 0 radical (unpaired) electrons. The Labute approximate surface area is 336 Å². The summed E-state index contributed by atoms with van der Waals surface area (Å²) in [7, 11) is -4.34. The average Bonchev–Trinajstić information content (AvgIpc) is 3.51. The Hall–Kier alpha value is -4.76. The van der Waals surface area contributed by atoms with Crippen LogP contribution in [0, 0.1) is 6.92 Å². The van der Waals surface area contributed by atoms with Crippen LogP contribution in [0.1, 0.15) is 87.6 Å². The fourth-order valence-electron chi connectivity index (χ4n) is 6.70. The SMILES string of the molecule is CCCCN(CCCC)C(=O)c1nn(-c2ccc(C(=O)NS(=O)(=O)c3ccc4c(SCCN)nccc4c3)cc2C(=O)N2CCc3ccccc3C2)c(C)c1Cl. The minimum absolute atomic E-state index is 0.0546. The molecule has 3 aromatic carbocycles. The number of hydrogen-bond donors (Lipinski definition) is 2. The minimum Gasteiger partial charge on any atom is -0.337 e. The van der Waals surface area contributed by atoms with Crippen molar-refractivity contribution in [2.75, 3.05) is 31.9 Å². The molecule has 2 aromatic heterocycles. The first-order chi connectivity index (χ1) is 27.0. The number of halogens is 1. The van der Waals surface area contributed by atoms with Crippen molar-refractivity contribution in [3.05, 3.63) is 112 Å². The van der Waals surface area contributed by atoms with E-state index in [4.69, 9.17) is 17.3 Å². The second-order valence-corrected chi connectivity index (χ2v) is 16.9. The summed E-state index contributed by atoms with van der Waals surface area (Å²) >= 11 is 8.29. The molecule has 5 aromatic rings. The van der Waals surface area contributed by atoms with Crippen LogP contribution < -0.4 is 10.5 Å². The van der Waals surface area contributed by atoms with Crippen LogP contribution in [0.3, 0.4) is 0 Å². The molecule has 0 saturated heterocycles. The molecule has 3 heterocycles. The van der Waals surface area contributed by atoms with E-state index in [9.17, 15) is 22.8 Å². The number of aromatic nitrogens is 3. The number of carbonyl (C=O) groups excluding carboxylic acids is 3. The van der Waals surface area contributed by atoms with Gasteiger partial charge in [0.2, 0.25) is 0 Å². The van der Waals surface area contributed by atoms with Gasteiger partial charge < -0.3 is 15.5 Å². The van der Waals surface area contributed by atoms with E-state index in [0.717, 1.165) is 47.2 Å². The first-order valence-electron chi connectivity index (χ1n) is 18.8. The summed E-state index contributed by atoms with van der Waals surface area (Å²) in [6.45, 7) is 8.21. The van der Waals surface area contributed by atoms with Crippen LogP contribution in [0.2, 0.25) is 5.02 Å².